The molecule has 0 bridgehead atoms. The minimum atomic E-state index is -0.0734. The smallest absolute Gasteiger partial charge is 0.161 e. The summed E-state index contributed by atoms with van der Waals surface area (Å²) in [5.74, 6) is 0. The number of hydrogen-bond acceptors (Lipinski definition) is 12. The molecule has 2 fully saturated rings. The first kappa shape index (κ1) is 46.0. The van der Waals surface area contributed by atoms with Gasteiger partial charge in [0.15, 0.2) is 11.3 Å². The molecule has 6 aromatic heterocycles. The second kappa shape index (κ2) is 19.3. The molecule has 0 unspecified atom stereocenters. The van der Waals surface area contributed by atoms with E-state index in [1.165, 1.54) is 28.4 Å². The SMILES string of the molecule is CC1(C)CNc2cc(N3CCOCC3)cnc21.Cc1c(-c2ccccc2)nc2ncccc2c1Cl.Cc1c(-c2ccccc2)nc2ncccc2c1N1CC(C)(C)c2ncc(N3CCOCC3)cc21. The van der Waals surface area contributed by atoms with Crippen LogP contribution < -0.4 is 20.0 Å². The summed E-state index contributed by atoms with van der Waals surface area (Å²) in [6.45, 7) is 21.9. The van der Waals surface area contributed by atoms with Crippen LogP contribution in [0.5, 0.6) is 0 Å². The Labute approximate surface area is 409 Å². The Bertz CT molecular complexity index is 3120. The molecule has 0 saturated carbocycles. The zero-order valence-corrected chi connectivity index (χ0v) is 41.1. The molecule has 4 aliphatic heterocycles. The number of halogens is 1. The van der Waals surface area contributed by atoms with Crippen LogP contribution >= 0.6 is 11.6 Å². The van der Waals surface area contributed by atoms with Gasteiger partial charge in [-0.3, -0.25) is 9.97 Å². The summed E-state index contributed by atoms with van der Waals surface area (Å²) in [5.41, 5.74) is 15.9. The van der Waals surface area contributed by atoms with E-state index in [0.29, 0.717) is 5.65 Å². The minimum absolute atomic E-state index is 0.0734. The molecule has 0 amide bonds. The highest BCUT2D eigenvalue weighted by atomic mass is 35.5. The first-order chi connectivity index (χ1) is 33.5. The van der Waals surface area contributed by atoms with Gasteiger partial charge in [0.1, 0.15) is 0 Å². The summed E-state index contributed by atoms with van der Waals surface area (Å²) in [6, 6.07) is 32.9. The van der Waals surface area contributed by atoms with Crippen LogP contribution in [0.1, 0.15) is 50.2 Å². The van der Waals surface area contributed by atoms with Crippen molar-refractivity contribution in [2.75, 3.05) is 85.7 Å². The molecule has 13 heteroatoms. The van der Waals surface area contributed by atoms with Gasteiger partial charge in [0.25, 0.3) is 0 Å². The van der Waals surface area contributed by atoms with E-state index in [-0.39, 0.29) is 10.8 Å². The molecule has 69 heavy (non-hydrogen) atoms. The zero-order chi connectivity index (χ0) is 47.7. The lowest BCUT2D eigenvalue weighted by atomic mass is 9.91. The molecule has 4 aliphatic rings. The summed E-state index contributed by atoms with van der Waals surface area (Å²) in [4.78, 5) is 35.3. The van der Waals surface area contributed by atoms with Gasteiger partial charge in [0.2, 0.25) is 0 Å². The van der Waals surface area contributed by atoms with Gasteiger partial charge in [-0.1, -0.05) is 100.0 Å². The van der Waals surface area contributed by atoms with Crippen LogP contribution in [0.15, 0.2) is 122 Å². The Morgan fingerprint density at radius 3 is 1.70 bits per heavy atom. The molecule has 10 heterocycles. The highest BCUT2D eigenvalue weighted by Crippen LogP contribution is 2.48. The summed E-state index contributed by atoms with van der Waals surface area (Å²) in [5, 5.41) is 6.15. The quantitative estimate of drug-likeness (QED) is 0.177. The number of nitrogens with one attached hydrogen (secondary N) is 1. The average Bonchev–Trinajstić information content (AvgIpc) is 3.85. The van der Waals surface area contributed by atoms with Crippen molar-refractivity contribution in [3.63, 3.8) is 0 Å². The molecular weight excluding hydrogens is 880 g/mol. The standard InChI is InChI=1S/C28H29N5O.C15H11ClN2.C13H19N3O/c1-19-24(20-8-5-4-6-9-20)31-27-22(10-7-11-29-27)25(19)33-18-28(2,3)26-23(33)16-21(17-30-26)32-12-14-34-15-13-32;1-10-13(16)12-8-5-9-17-15(12)18-14(10)11-6-3-2-4-7-11;1-13(2)9-15-11-7-10(8-14-12(11)13)16-3-5-17-6-4-16/h4-11,16-17H,12-15,18H2,1-3H3;2-9H,1H3;7-8,15H,3-6,9H2,1-2H3. The predicted molar refractivity (Wildman–Crippen MR) is 281 cm³/mol. The highest BCUT2D eigenvalue weighted by molar-refractivity contribution is 6.36. The average molecular weight is 940 g/mol. The molecule has 0 aliphatic carbocycles. The molecule has 12 nitrogen and oxygen atoms in total. The molecular formula is C56H59ClN10O2. The molecule has 352 valence electrons. The monoisotopic (exact) mass is 938 g/mol. The topological polar surface area (TPSA) is 118 Å². The minimum Gasteiger partial charge on any atom is -0.383 e. The number of hydrogen-bond donors (Lipinski definition) is 1. The predicted octanol–water partition coefficient (Wildman–Crippen LogP) is 11.1. The van der Waals surface area contributed by atoms with Crippen LogP contribution in [-0.4, -0.2) is 95.6 Å². The summed E-state index contributed by atoms with van der Waals surface area (Å²) in [6.07, 6.45) is 7.59. The lowest BCUT2D eigenvalue weighted by Crippen LogP contribution is -2.36. The lowest BCUT2D eigenvalue weighted by molar-refractivity contribution is 0.122. The van der Waals surface area contributed by atoms with E-state index in [1.807, 2.05) is 80.1 Å². The third-order valence-electron chi connectivity index (χ3n) is 13.6. The van der Waals surface area contributed by atoms with Gasteiger partial charge in [-0.15, -0.1) is 0 Å². The van der Waals surface area contributed by atoms with Crippen LogP contribution in [0.4, 0.5) is 28.4 Å². The van der Waals surface area contributed by atoms with Gasteiger partial charge < -0.3 is 29.5 Å². The van der Waals surface area contributed by atoms with Crippen LogP contribution in [0.2, 0.25) is 5.02 Å². The van der Waals surface area contributed by atoms with Gasteiger partial charge in [0.05, 0.1) is 95.1 Å². The third-order valence-corrected chi connectivity index (χ3v) is 14.1. The first-order valence-corrected chi connectivity index (χ1v) is 24.3. The van der Waals surface area contributed by atoms with E-state index in [2.05, 4.69) is 117 Å². The third kappa shape index (κ3) is 9.28. The normalized spacial score (nSPS) is 16.8. The zero-order valence-electron chi connectivity index (χ0n) is 40.3. The van der Waals surface area contributed by atoms with Crippen molar-refractivity contribution in [1.82, 2.24) is 29.9 Å². The fourth-order valence-corrected chi connectivity index (χ4v) is 10.1. The lowest BCUT2D eigenvalue weighted by Gasteiger charge is -2.30. The van der Waals surface area contributed by atoms with Gasteiger partial charge >= 0.3 is 0 Å². The molecule has 2 saturated heterocycles. The van der Waals surface area contributed by atoms with E-state index in [0.717, 1.165) is 132 Å². The maximum atomic E-state index is 6.40. The largest absolute Gasteiger partial charge is 0.383 e. The van der Waals surface area contributed by atoms with Crippen molar-refractivity contribution in [1.29, 1.82) is 0 Å². The van der Waals surface area contributed by atoms with Gasteiger partial charge in [-0.05, 0) is 61.4 Å². The van der Waals surface area contributed by atoms with Crippen molar-refractivity contribution in [3.8, 4) is 22.5 Å². The molecule has 1 N–H and O–H groups in total. The van der Waals surface area contributed by atoms with Crippen molar-refractivity contribution in [2.45, 2.75) is 52.4 Å². The molecule has 2 aromatic carbocycles. The fourth-order valence-electron chi connectivity index (χ4n) is 9.87. The summed E-state index contributed by atoms with van der Waals surface area (Å²) >= 11 is 6.40. The maximum Gasteiger partial charge on any atom is 0.161 e. The summed E-state index contributed by atoms with van der Waals surface area (Å²) in [7, 11) is 0. The number of pyridine rings is 6. The Morgan fingerprint density at radius 1 is 0.580 bits per heavy atom. The number of ether oxygens (including phenoxy) is 2. The number of nitrogens with zero attached hydrogens (tertiary/aromatic N) is 9. The van der Waals surface area contributed by atoms with E-state index < -0.39 is 0 Å². The summed E-state index contributed by atoms with van der Waals surface area (Å²) < 4.78 is 10.9. The Morgan fingerprint density at radius 2 is 1.10 bits per heavy atom. The van der Waals surface area contributed by atoms with Crippen molar-refractivity contribution >= 4 is 62.1 Å². The number of rotatable bonds is 5. The maximum absolute atomic E-state index is 6.40. The van der Waals surface area contributed by atoms with E-state index in [1.54, 1.807) is 6.20 Å². The number of fused-ring (bicyclic) bond motifs is 4. The van der Waals surface area contributed by atoms with Gasteiger partial charge in [0, 0.05) is 84.4 Å². The Balaban J connectivity index is 0.000000133. The Kier molecular flexibility index (Phi) is 12.9. The first-order valence-electron chi connectivity index (χ1n) is 23.9. The fraction of sp³-hybridized carbons (Fsp3) is 0.321. The highest BCUT2D eigenvalue weighted by Gasteiger charge is 2.39. The number of aromatic nitrogens is 6. The van der Waals surface area contributed by atoms with E-state index in [9.17, 15) is 0 Å². The molecule has 12 rings (SSSR count). The van der Waals surface area contributed by atoms with Crippen LogP contribution in [-0.2, 0) is 20.3 Å². The molecule has 8 aromatic rings. The van der Waals surface area contributed by atoms with Crippen LogP contribution in [0.3, 0.4) is 0 Å². The van der Waals surface area contributed by atoms with Crippen LogP contribution in [0, 0.1) is 13.8 Å². The molecule has 0 atom stereocenters. The van der Waals surface area contributed by atoms with Gasteiger partial charge in [-0.2, -0.15) is 0 Å². The Hall–Kier alpha value is -6.73. The van der Waals surface area contributed by atoms with Crippen molar-refractivity contribution in [2.24, 2.45) is 0 Å². The van der Waals surface area contributed by atoms with Crippen molar-refractivity contribution < 1.29 is 9.47 Å². The van der Waals surface area contributed by atoms with Crippen molar-refractivity contribution in [3.05, 3.63) is 149 Å². The second-order valence-corrected chi connectivity index (χ2v) is 19.7. The van der Waals surface area contributed by atoms with E-state index >= 15 is 0 Å². The van der Waals surface area contributed by atoms with Crippen LogP contribution in [0.25, 0.3) is 44.6 Å². The number of morpholine rings is 2. The van der Waals surface area contributed by atoms with E-state index in [4.69, 9.17) is 31.0 Å². The van der Waals surface area contributed by atoms with Gasteiger partial charge in [-0.25, -0.2) is 19.9 Å². The number of benzene rings is 2. The molecule has 0 spiro atoms. The second-order valence-electron chi connectivity index (χ2n) is 19.4. The number of anilines is 5. The molecule has 0 radical (unpaired) electrons.